The molecule has 9 nitrogen and oxygen atoms in total. The van der Waals surface area contributed by atoms with Crippen LogP contribution < -0.4 is 15.4 Å². The quantitative estimate of drug-likeness (QED) is 0.480. The number of hydrogen-bond acceptors (Lipinski definition) is 5. The van der Waals surface area contributed by atoms with Gasteiger partial charge in [0.05, 0.1) is 22.9 Å². The number of carbonyl (C=O) groups is 1. The summed E-state index contributed by atoms with van der Waals surface area (Å²) in [5.74, 6) is 0. The molecule has 0 saturated heterocycles. The minimum Gasteiger partial charge on any atom is -0.334 e. The monoisotopic (exact) mass is 482 g/mol. The van der Waals surface area contributed by atoms with Crippen molar-refractivity contribution < 1.29 is 21.6 Å². The van der Waals surface area contributed by atoms with Gasteiger partial charge in [-0.3, -0.25) is 4.72 Å². The average molecular weight is 483 g/mol. The van der Waals surface area contributed by atoms with Gasteiger partial charge in [0, 0.05) is 19.6 Å². The molecule has 1 atom stereocenters. The van der Waals surface area contributed by atoms with Gasteiger partial charge in [0.25, 0.3) is 0 Å². The van der Waals surface area contributed by atoms with Gasteiger partial charge in [0.1, 0.15) is 0 Å². The maximum absolute atomic E-state index is 12.6. The second-order valence-corrected chi connectivity index (χ2v) is 10.9. The summed E-state index contributed by atoms with van der Waals surface area (Å²) in [5.41, 5.74) is 1.76. The van der Waals surface area contributed by atoms with Gasteiger partial charge in [-0.25, -0.2) is 21.6 Å². The molecule has 0 heterocycles. The highest BCUT2D eigenvalue weighted by Gasteiger charge is 2.21. The number of urea groups is 1. The molecule has 0 radical (unpaired) electrons. The fraction of sp³-hybridized carbons (Fsp3) is 0.381. The van der Waals surface area contributed by atoms with E-state index in [1.54, 1.807) is 57.2 Å². The summed E-state index contributed by atoms with van der Waals surface area (Å²) in [6.07, 6.45) is 1.06. The van der Waals surface area contributed by atoms with Crippen LogP contribution in [0.25, 0.3) is 0 Å². The Morgan fingerprint density at radius 2 is 1.56 bits per heavy atom. The minimum atomic E-state index is -3.54. The third-order valence-corrected chi connectivity index (χ3v) is 7.48. The fourth-order valence-electron chi connectivity index (χ4n) is 3.12. The van der Waals surface area contributed by atoms with Crippen molar-refractivity contribution >= 4 is 31.8 Å². The Labute approximate surface area is 190 Å². The molecule has 2 amide bonds. The number of benzene rings is 2. The Bertz CT molecular complexity index is 1130. The van der Waals surface area contributed by atoms with Gasteiger partial charge in [0.2, 0.25) is 20.0 Å². The van der Waals surface area contributed by atoms with Crippen LogP contribution in [-0.2, 0) is 26.6 Å². The molecule has 2 aromatic rings. The molecular formula is C21H30N4O5S2. The summed E-state index contributed by atoms with van der Waals surface area (Å²) in [7, 11) is -6.98. The SMILES string of the molecule is CCN(CC)S(=O)(=O)c1ccc(C(C)NC(=O)NCc2ccccc2NS(C)(=O)=O)cc1. The van der Waals surface area contributed by atoms with Crippen molar-refractivity contribution in [2.75, 3.05) is 24.1 Å². The largest absolute Gasteiger partial charge is 0.334 e. The Hall–Kier alpha value is -2.63. The summed E-state index contributed by atoms with van der Waals surface area (Å²) >= 11 is 0. The molecule has 32 heavy (non-hydrogen) atoms. The highest BCUT2D eigenvalue weighted by Crippen LogP contribution is 2.20. The third-order valence-electron chi connectivity index (χ3n) is 4.82. The van der Waals surface area contributed by atoms with E-state index in [1.807, 2.05) is 0 Å². The van der Waals surface area contributed by atoms with Gasteiger partial charge in [-0.05, 0) is 36.2 Å². The lowest BCUT2D eigenvalue weighted by atomic mass is 10.1. The van der Waals surface area contributed by atoms with E-state index in [0.717, 1.165) is 11.8 Å². The average Bonchev–Trinajstić information content (AvgIpc) is 2.72. The third kappa shape index (κ3) is 6.94. The van der Waals surface area contributed by atoms with Crippen molar-refractivity contribution in [3.63, 3.8) is 0 Å². The molecule has 0 aliphatic rings. The van der Waals surface area contributed by atoms with Crippen LogP contribution in [0.2, 0.25) is 0 Å². The van der Waals surface area contributed by atoms with E-state index in [-0.39, 0.29) is 17.5 Å². The Morgan fingerprint density at radius 3 is 2.12 bits per heavy atom. The molecule has 176 valence electrons. The zero-order valence-electron chi connectivity index (χ0n) is 18.6. The van der Waals surface area contributed by atoms with Crippen LogP contribution in [0.15, 0.2) is 53.4 Å². The topological polar surface area (TPSA) is 125 Å². The van der Waals surface area contributed by atoms with E-state index in [1.165, 1.54) is 16.4 Å². The number of carbonyl (C=O) groups excluding carboxylic acids is 1. The molecule has 11 heteroatoms. The van der Waals surface area contributed by atoms with Crippen LogP contribution in [0.5, 0.6) is 0 Å². The standard InChI is InChI=1S/C21H30N4O5S2/c1-5-25(6-2)32(29,30)19-13-11-17(12-14-19)16(3)23-21(26)22-15-18-9-7-8-10-20(18)24-31(4,27)28/h7-14,16,24H,5-6,15H2,1-4H3,(H2,22,23,26). The minimum absolute atomic E-state index is 0.123. The smallest absolute Gasteiger partial charge is 0.315 e. The molecule has 3 N–H and O–H groups in total. The molecule has 0 fully saturated rings. The summed E-state index contributed by atoms with van der Waals surface area (Å²) in [5, 5.41) is 5.49. The molecule has 0 aliphatic carbocycles. The first-order valence-electron chi connectivity index (χ1n) is 10.2. The van der Waals surface area contributed by atoms with Crippen LogP contribution in [-0.4, -0.2) is 46.5 Å². The highest BCUT2D eigenvalue weighted by atomic mass is 32.2. The summed E-state index contributed by atoms with van der Waals surface area (Å²) in [6.45, 7) is 6.26. The predicted molar refractivity (Wildman–Crippen MR) is 125 cm³/mol. The number of anilines is 1. The Kier molecular flexibility index (Phi) is 8.65. The molecule has 2 rings (SSSR count). The summed E-state index contributed by atoms with van der Waals surface area (Å²) in [6, 6.07) is 12.4. The van der Waals surface area contributed by atoms with Gasteiger partial charge >= 0.3 is 6.03 Å². The molecule has 2 aromatic carbocycles. The van der Waals surface area contributed by atoms with Gasteiger partial charge in [-0.15, -0.1) is 0 Å². The molecule has 0 bridgehead atoms. The molecule has 1 unspecified atom stereocenters. The first-order valence-corrected chi connectivity index (χ1v) is 13.5. The van der Waals surface area contributed by atoms with Crippen molar-refractivity contribution in [3.05, 3.63) is 59.7 Å². The van der Waals surface area contributed by atoms with Crippen molar-refractivity contribution in [2.45, 2.75) is 38.3 Å². The second-order valence-electron chi connectivity index (χ2n) is 7.24. The van der Waals surface area contributed by atoms with Gasteiger partial charge in [-0.2, -0.15) is 4.31 Å². The fourth-order valence-corrected chi connectivity index (χ4v) is 5.18. The van der Waals surface area contributed by atoms with Crippen LogP contribution >= 0.6 is 0 Å². The molecular weight excluding hydrogens is 452 g/mol. The maximum Gasteiger partial charge on any atom is 0.315 e. The number of nitrogens with zero attached hydrogens (tertiary/aromatic N) is 1. The van der Waals surface area contributed by atoms with Crippen molar-refractivity contribution in [2.24, 2.45) is 0 Å². The lowest BCUT2D eigenvalue weighted by molar-refractivity contribution is 0.237. The lowest BCUT2D eigenvalue weighted by Gasteiger charge is -2.19. The second kappa shape index (κ2) is 10.8. The number of sulfonamides is 2. The zero-order valence-corrected chi connectivity index (χ0v) is 20.3. The number of nitrogens with one attached hydrogen (secondary N) is 3. The van der Waals surface area contributed by atoms with E-state index >= 15 is 0 Å². The first kappa shape index (κ1) is 25.6. The Balaban J connectivity index is 2.00. The summed E-state index contributed by atoms with van der Waals surface area (Å²) < 4.78 is 52.0. The Morgan fingerprint density at radius 1 is 0.969 bits per heavy atom. The number of hydrogen-bond donors (Lipinski definition) is 3. The zero-order chi connectivity index (χ0) is 23.9. The maximum atomic E-state index is 12.6. The van der Waals surface area contributed by atoms with E-state index in [9.17, 15) is 21.6 Å². The van der Waals surface area contributed by atoms with Crippen LogP contribution in [0.4, 0.5) is 10.5 Å². The number of amides is 2. The van der Waals surface area contributed by atoms with Gasteiger partial charge in [0.15, 0.2) is 0 Å². The van der Waals surface area contributed by atoms with Crippen LogP contribution in [0.3, 0.4) is 0 Å². The van der Waals surface area contributed by atoms with Crippen LogP contribution in [0, 0.1) is 0 Å². The van der Waals surface area contributed by atoms with Gasteiger partial charge < -0.3 is 10.6 Å². The first-order chi connectivity index (χ1) is 15.0. The highest BCUT2D eigenvalue weighted by molar-refractivity contribution is 7.92. The lowest BCUT2D eigenvalue weighted by Crippen LogP contribution is -2.36. The molecule has 0 spiro atoms. The van der Waals surface area contributed by atoms with Crippen molar-refractivity contribution in [1.29, 1.82) is 0 Å². The molecule has 0 aliphatic heterocycles. The van der Waals surface area contributed by atoms with Gasteiger partial charge in [-0.1, -0.05) is 44.2 Å². The predicted octanol–water partition coefficient (Wildman–Crippen LogP) is 2.65. The van der Waals surface area contributed by atoms with E-state index < -0.39 is 26.1 Å². The number of para-hydroxylation sites is 1. The normalized spacial score (nSPS) is 12.9. The molecule has 0 saturated carbocycles. The van der Waals surface area contributed by atoms with E-state index in [0.29, 0.717) is 24.3 Å². The van der Waals surface area contributed by atoms with Crippen LogP contribution in [0.1, 0.15) is 37.9 Å². The van der Waals surface area contributed by atoms with E-state index in [2.05, 4.69) is 15.4 Å². The van der Waals surface area contributed by atoms with Crippen molar-refractivity contribution in [1.82, 2.24) is 14.9 Å². The molecule has 0 aromatic heterocycles. The summed E-state index contributed by atoms with van der Waals surface area (Å²) in [4.78, 5) is 12.5. The van der Waals surface area contributed by atoms with Crippen molar-refractivity contribution in [3.8, 4) is 0 Å². The van der Waals surface area contributed by atoms with E-state index in [4.69, 9.17) is 0 Å². The number of rotatable bonds is 10.